The summed E-state index contributed by atoms with van der Waals surface area (Å²) in [5, 5.41) is 1.75. The molecule has 3 heterocycles. The van der Waals surface area contributed by atoms with Gasteiger partial charge in [0.1, 0.15) is 22.8 Å². The summed E-state index contributed by atoms with van der Waals surface area (Å²) in [7, 11) is 0. The van der Waals surface area contributed by atoms with Crippen LogP contribution in [0, 0.1) is 0 Å². The molecule has 1 aliphatic heterocycles. The molecule has 1 fully saturated rings. The molecule has 1 aliphatic rings. The van der Waals surface area contributed by atoms with E-state index in [2.05, 4.69) is 23.0 Å². The third kappa shape index (κ3) is 2.86. The fourth-order valence-electron chi connectivity index (χ4n) is 2.00. The van der Waals surface area contributed by atoms with Gasteiger partial charge in [0.15, 0.2) is 0 Å². The van der Waals surface area contributed by atoms with E-state index in [1.807, 2.05) is 0 Å². The van der Waals surface area contributed by atoms with E-state index >= 15 is 0 Å². The highest BCUT2D eigenvalue weighted by Gasteiger charge is 2.28. The van der Waals surface area contributed by atoms with Gasteiger partial charge in [0.05, 0.1) is 12.3 Å². The minimum Gasteiger partial charge on any atom is -0.447 e. The molecule has 1 saturated heterocycles. The van der Waals surface area contributed by atoms with E-state index in [1.165, 1.54) is 23.0 Å². The lowest BCUT2D eigenvalue weighted by Crippen LogP contribution is -2.33. The van der Waals surface area contributed by atoms with Crippen molar-refractivity contribution in [3.63, 3.8) is 0 Å². The van der Waals surface area contributed by atoms with Crippen molar-refractivity contribution >= 4 is 45.3 Å². The van der Waals surface area contributed by atoms with Crippen LogP contribution < -0.4 is 0 Å². The van der Waals surface area contributed by atoms with E-state index in [4.69, 9.17) is 4.74 Å². The van der Waals surface area contributed by atoms with Crippen molar-refractivity contribution in [1.82, 2.24) is 14.9 Å². The minimum atomic E-state index is -0.558. The number of thiophene rings is 1. The van der Waals surface area contributed by atoms with Crippen molar-refractivity contribution in [2.75, 3.05) is 18.9 Å². The molecular weight excluding hydrogens is 310 g/mol. The second kappa shape index (κ2) is 5.98. The topological polar surface area (TPSA) is 72.4 Å². The Morgan fingerprint density at radius 1 is 1.52 bits per heavy atom. The van der Waals surface area contributed by atoms with Crippen molar-refractivity contribution in [3.05, 3.63) is 17.3 Å². The highest BCUT2D eigenvalue weighted by molar-refractivity contribution is 8.00. The number of hydrogen-bond donors (Lipinski definition) is 0. The first-order valence-electron chi connectivity index (χ1n) is 6.52. The largest absolute Gasteiger partial charge is 0.447 e. The van der Waals surface area contributed by atoms with Gasteiger partial charge in [0.2, 0.25) is 5.91 Å². The maximum absolute atomic E-state index is 12.0. The number of imide groups is 1. The zero-order valence-electron chi connectivity index (χ0n) is 11.4. The van der Waals surface area contributed by atoms with Crippen LogP contribution >= 0.6 is 23.1 Å². The van der Waals surface area contributed by atoms with E-state index in [1.54, 1.807) is 11.3 Å². The molecule has 2 amide bonds. The molecule has 110 valence electrons. The van der Waals surface area contributed by atoms with Crippen LogP contribution in [0.4, 0.5) is 4.79 Å². The number of hydrogen-bond acceptors (Lipinski definition) is 7. The monoisotopic (exact) mass is 323 g/mol. The number of amides is 2. The van der Waals surface area contributed by atoms with Crippen LogP contribution in [0.15, 0.2) is 17.4 Å². The molecule has 2 aromatic heterocycles. The Balaban J connectivity index is 1.74. The quantitative estimate of drug-likeness (QED) is 0.635. The highest BCUT2D eigenvalue weighted by atomic mass is 32.2. The van der Waals surface area contributed by atoms with Gasteiger partial charge in [-0.25, -0.2) is 19.7 Å². The van der Waals surface area contributed by atoms with Crippen LogP contribution in [0.5, 0.6) is 0 Å². The summed E-state index contributed by atoms with van der Waals surface area (Å²) in [5.74, 6) is -0.0846. The average molecular weight is 323 g/mol. The fraction of sp³-hybridized carbons (Fsp3) is 0.385. The molecule has 0 radical (unpaired) electrons. The summed E-state index contributed by atoms with van der Waals surface area (Å²) in [6.45, 7) is 2.70. The molecule has 3 rings (SSSR count). The Morgan fingerprint density at radius 3 is 3.10 bits per heavy atom. The number of cyclic esters (lactones) is 1. The van der Waals surface area contributed by atoms with Crippen LogP contribution in [0.1, 0.15) is 11.8 Å². The van der Waals surface area contributed by atoms with Gasteiger partial charge in [-0.3, -0.25) is 4.79 Å². The van der Waals surface area contributed by atoms with E-state index in [0.29, 0.717) is 6.54 Å². The van der Waals surface area contributed by atoms with Crippen molar-refractivity contribution in [1.29, 1.82) is 0 Å². The van der Waals surface area contributed by atoms with Gasteiger partial charge in [0.25, 0.3) is 0 Å². The third-order valence-corrected chi connectivity index (χ3v) is 5.26. The first-order chi connectivity index (χ1) is 10.2. The standard InChI is InChI=1S/C13H13N3O3S2/c1-2-8-5-9-11(14-7-15-12(9)21-8)20-6-10(17)16-3-4-19-13(16)18/h5,7H,2-4,6H2,1H3. The summed E-state index contributed by atoms with van der Waals surface area (Å²) < 4.78 is 4.76. The summed E-state index contributed by atoms with van der Waals surface area (Å²) in [4.78, 5) is 35.1. The molecule has 2 aromatic rings. The Hall–Kier alpha value is -1.67. The molecule has 0 aromatic carbocycles. The molecule has 0 saturated carbocycles. The van der Waals surface area contributed by atoms with E-state index in [0.717, 1.165) is 26.6 Å². The zero-order valence-corrected chi connectivity index (χ0v) is 13.0. The second-order valence-electron chi connectivity index (χ2n) is 4.41. The highest BCUT2D eigenvalue weighted by Crippen LogP contribution is 2.31. The number of ether oxygens (including phenoxy) is 1. The van der Waals surface area contributed by atoms with Crippen LogP contribution in [0.3, 0.4) is 0 Å². The summed E-state index contributed by atoms with van der Waals surface area (Å²) >= 11 is 2.96. The van der Waals surface area contributed by atoms with Gasteiger partial charge in [-0.15, -0.1) is 11.3 Å². The first-order valence-corrected chi connectivity index (χ1v) is 8.32. The van der Waals surface area contributed by atoms with Gasteiger partial charge >= 0.3 is 6.09 Å². The van der Waals surface area contributed by atoms with Crippen LogP contribution in [-0.4, -0.2) is 45.8 Å². The average Bonchev–Trinajstić information content (AvgIpc) is 3.10. The molecule has 6 nitrogen and oxygen atoms in total. The molecule has 21 heavy (non-hydrogen) atoms. The maximum atomic E-state index is 12.0. The Labute approximate surface area is 129 Å². The number of carbonyl (C=O) groups is 2. The molecule has 8 heteroatoms. The van der Waals surface area contributed by atoms with Crippen molar-refractivity contribution in [2.45, 2.75) is 18.4 Å². The number of carbonyl (C=O) groups excluding carboxylic acids is 2. The van der Waals surface area contributed by atoms with Crippen molar-refractivity contribution in [3.8, 4) is 0 Å². The summed E-state index contributed by atoms with van der Waals surface area (Å²) in [6.07, 6.45) is 1.90. The number of aromatic nitrogens is 2. The normalized spacial score (nSPS) is 14.7. The predicted octanol–water partition coefficient (Wildman–Crippen LogP) is 2.32. The van der Waals surface area contributed by atoms with E-state index in [9.17, 15) is 9.59 Å². The van der Waals surface area contributed by atoms with Gasteiger partial charge in [-0.05, 0) is 12.5 Å². The number of rotatable bonds is 4. The van der Waals surface area contributed by atoms with Crippen LogP contribution in [-0.2, 0) is 16.0 Å². The minimum absolute atomic E-state index is 0.165. The fourth-order valence-corrected chi connectivity index (χ4v) is 3.85. The maximum Gasteiger partial charge on any atom is 0.416 e. The van der Waals surface area contributed by atoms with Gasteiger partial charge in [-0.1, -0.05) is 18.7 Å². The van der Waals surface area contributed by atoms with Gasteiger partial charge in [-0.2, -0.15) is 0 Å². The van der Waals surface area contributed by atoms with Crippen molar-refractivity contribution < 1.29 is 14.3 Å². The zero-order chi connectivity index (χ0) is 14.8. The predicted molar refractivity (Wildman–Crippen MR) is 80.6 cm³/mol. The summed E-state index contributed by atoms with van der Waals surface area (Å²) in [6, 6.07) is 2.07. The molecule has 0 N–H and O–H groups in total. The lowest BCUT2D eigenvalue weighted by Gasteiger charge is -2.09. The molecule has 0 atom stereocenters. The van der Waals surface area contributed by atoms with Crippen LogP contribution in [0.2, 0.25) is 0 Å². The molecule has 0 spiro atoms. The van der Waals surface area contributed by atoms with Gasteiger partial charge in [0, 0.05) is 10.3 Å². The Morgan fingerprint density at radius 2 is 2.38 bits per heavy atom. The molecule has 0 aliphatic carbocycles. The first kappa shape index (κ1) is 14.3. The van der Waals surface area contributed by atoms with Gasteiger partial charge < -0.3 is 4.74 Å². The SMILES string of the molecule is CCc1cc2c(SCC(=O)N3CCOC3=O)ncnc2s1. The Kier molecular flexibility index (Phi) is 4.07. The molecular formula is C13H13N3O3S2. The lowest BCUT2D eigenvalue weighted by atomic mass is 10.3. The number of aryl methyl sites for hydroxylation is 1. The third-order valence-electron chi connectivity index (χ3n) is 3.09. The van der Waals surface area contributed by atoms with Crippen LogP contribution in [0.25, 0.3) is 10.2 Å². The van der Waals surface area contributed by atoms with Crippen molar-refractivity contribution in [2.24, 2.45) is 0 Å². The number of thioether (sulfide) groups is 1. The molecule has 0 unspecified atom stereocenters. The Bertz CT molecular complexity index is 701. The second-order valence-corrected chi connectivity index (χ2v) is 6.49. The smallest absolute Gasteiger partial charge is 0.416 e. The summed E-state index contributed by atoms with van der Waals surface area (Å²) in [5.41, 5.74) is 0. The van der Waals surface area contributed by atoms with E-state index < -0.39 is 6.09 Å². The molecule has 0 bridgehead atoms. The number of fused-ring (bicyclic) bond motifs is 1. The number of nitrogens with zero attached hydrogens (tertiary/aromatic N) is 3. The lowest BCUT2D eigenvalue weighted by molar-refractivity contribution is -0.125. The van der Waals surface area contributed by atoms with E-state index in [-0.39, 0.29) is 18.3 Å².